The maximum Gasteiger partial charge on any atom is 0.491 e. The molecule has 3 aromatic rings. The van der Waals surface area contributed by atoms with Crippen LogP contribution in [0.15, 0.2) is 79.1 Å². The number of nitrogens with one attached hydrogen (secondary N) is 1. The van der Waals surface area contributed by atoms with Gasteiger partial charge < -0.3 is 10.1 Å². The van der Waals surface area contributed by atoms with Gasteiger partial charge in [0.05, 0.1) is 11.3 Å². The number of anilines is 1. The largest absolute Gasteiger partial charge is 0.491 e. The lowest BCUT2D eigenvalue weighted by atomic mass is 10.0. The van der Waals surface area contributed by atoms with Crippen LogP contribution >= 0.6 is 0 Å². The number of benzene rings is 2. The number of aromatic nitrogens is 1. The molecule has 1 heterocycles. The third kappa shape index (κ3) is 7.13. The van der Waals surface area contributed by atoms with Crippen LogP contribution < -0.4 is 5.32 Å². The van der Waals surface area contributed by atoms with Gasteiger partial charge in [0.2, 0.25) is 5.91 Å². The smallest absolute Gasteiger partial charge is 0.383 e. The Balaban J connectivity index is 1.82. The number of amides is 1. The van der Waals surface area contributed by atoms with Gasteiger partial charge in [0.15, 0.2) is 0 Å². The Morgan fingerprint density at radius 1 is 0.912 bits per heavy atom. The first-order chi connectivity index (χ1) is 16.2. The number of alkyl halides is 3. The van der Waals surface area contributed by atoms with Crippen molar-refractivity contribution in [2.24, 2.45) is 0 Å². The van der Waals surface area contributed by atoms with Crippen LogP contribution in [0.3, 0.4) is 0 Å². The number of carbonyl (C=O) groups excluding carboxylic acids is 3. The monoisotopic (exact) mass is 468 g/mol. The highest BCUT2D eigenvalue weighted by atomic mass is 19.4. The van der Waals surface area contributed by atoms with E-state index < -0.39 is 24.0 Å². The van der Waals surface area contributed by atoms with Crippen molar-refractivity contribution in [3.05, 3.63) is 101 Å². The van der Waals surface area contributed by atoms with Crippen LogP contribution in [0.25, 0.3) is 6.08 Å². The fourth-order valence-corrected chi connectivity index (χ4v) is 2.98. The van der Waals surface area contributed by atoms with Crippen molar-refractivity contribution in [2.45, 2.75) is 19.0 Å². The van der Waals surface area contributed by atoms with Gasteiger partial charge in [-0.15, -0.1) is 0 Å². The summed E-state index contributed by atoms with van der Waals surface area (Å²) < 4.78 is 41.5. The van der Waals surface area contributed by atoms with Gasteiger partial charge in [0.25, 0.3) is 0 Å². The van der Waals surface area contributed by atoms with Crippen molar-refractivity contribution in [3.63, 3.8) is 0 Å². The van der Waals surface area contributed by atoms with Crippen LogP contribution in [0.1, 0.15) is 27.0 Å². The highest BCUT2D eigenvalue weighted by Crippen LogP contribution is 2.23. The third-order valence-electron chi connectivity index (χ3n) is 4.66. The van der Waals surface area contributed by atoms with Crippen LogP contribution in [-0.4, -0.2) is 29.0 Å². The minimum Gasteiger partial charge on any atom is -0.383 e. The molecule has 34 heavy (non-hydrogen) atoms. The van der Waals surface area contributed by atoms with Crippen LogP contribution in [0.5, 0.6) is 0 Å². The van der Waals surface area contributed by atoms with Crippen LogP contribution in [0.2, 0.25) is 0 Å². The summed E-state index contributed by atoms with van der Waals surface area (Å²) in [4.78, 5) is 39.6. The molecule has 3 rings (SSSR count). The van der Waals surface area contributed by atoms with Gasteiger partial charge in [0, 0.05) is 18.5 Å². The molecule has 0 saturated carbocycles. The molecule has 0 unspecified atom stereocenters. The number of carbonyl (C=O) groups is 3. The molecule has 0 bridgehead atoms. The molecule has 6 nitrogen and oxygen atoms in total. The summed E-state index contributed by atoms with van der Waals surface area (Å²) in [6, 6.07) is 17.1. The van der Waals surface area contributed by atoms with Gasteiger partial charge in [0.1, 0.15) is 0 Å². The molecule has 0 spiro atoms. The summed E-state index contributed by atoms with van der Waals surface area (Å²) in [6.45, 7) is 0. The van der Waals surface area contributed by atoms with Crippen molar-refractivity contribution in [2.75, 3.05) is 5.32 Å². The number of hydrogen-bond acceptors (Lipinski definition) is 5. The van der Waals surface area contributed by atoms with Crippen LogP contribution in [0.4, 0.5) is 18.9 Å². The zero-order valence-corrected chi connectivity index (χ0v) is 17.7. The second-order valence-electron chi connectivity index (χ2n) is 7.14. The molecule has 0 aliphatic carbocycles. The zero-order chi connectivity index (χ0) is 24.6. The molecule has 0 atom stereocenters. The number of pyridine rings is 1. The molecule has 0 aliphatic rings. The van der Waals surface area contributed by atoms with E-state index in [-0.39, 0.29) is 11.3 Å². The number of aryl methyl sites for hydroxylation is 2. The first-order valence-electron chi connectivity index (χ1n) is 10.1. The van der Waals surface area contributed by atoms with Crippen molar-refractivity contribution < 1.29 is 32.3 Å². The molecule has 0 aliphatic heterocycles. The Bertz CT molecular complexity index is 1190. The molecule has 174 valence electrons. The van der Waals surface area contributed by atoms with E-state index in [0.717, 1.165) is 11.1 Å². The first-order valence-corrected chi connectivity index (χ1v) is 10.1. The Labute approximate surface area is 193 Å². The average molecular weight is 468 g/mol. The van der Waals surface area contributed by atoms with E-state index in [1.807, 2.05) is 30.3 Å². The van der Waals surface area contributed by atoms with Gasteiger partial charge in [-0.3, -0.25) is 9.78 Å². The highest BCUT2D eigenvalue weighted by molar-refractivity contribution is 6.08. The minimum absolute atomic E-state index is 0.0742. The minimum atomic E-state index is -5.33. The number of ether oxygens (including phenoxy) is 1. The second kappa shape index (κ2) is 11.0. The maximum absolute atomic E-state index is 12.5. The van der Waals surface area contributed by atoms with E-state index in [1.165, 1.54) is 30.4 Å². The standard InChI is InChI=1S/C25H19F3N2O4/c26-25(27,28)24(33)34-23(32)20-10-8-19(7-6-17-4-2-1-3-5-17)16-21(20)30-22(31)11-9-18-12-14-29-15-13-18/h1-5,8-16H,6-7H2,(H,30,31)/b11-9+. The number of nitrogens with zero attached hydrogens (tertiary/aromatic N) is 1. The van der Waals surface area contributed by atoms with E-state index >= 15 is 0 Å². The number of esters is 2. The molecule has 1 aromatic heterocycles. The van der Waals surface area contributed by atoms with Gasteiger partial charge in [-0.25, -0.2) is 9.59 Å². The summed E-state index contributed by atoms with van der Waals surface area (Å²) in [6.07, 6.45) is 1.65. The van der Waals surface area contributed by atoms with E-state index in [1.54, 1.807) is 24.5 Å². The van der Waals surface area contributed by atoms with Crippen molar-refractivity contribution in [1.82, 2.24) is 4.98 Å². The van der Waals surface area contributed by atoms with Crippen molar-refractivity contribution in [3.8, 4) is 0 Å². The summed E-state index contributed by atoms with van der Waals surface area (Å²) >= 11 is 0. The van der Waals surface area contributed by atoms with Crippen LogP contribution in [-0.2, 0) is 27.2 Å². The Hall–Kier alpha value is -4.27. The van der Waals surface area contributed by atoms with Gasteiger partial charge in [-0.2, -0.15) is 13.2 Å². The van der Waals surface area contributed by atoms with Gasteiger partial charge >= 0.3 is 18.1 Å². The van der Waals surface area contributed by atoms with Gasteiger partial charge in [-0.05, 0) is 59.9 Å². The zero-order valence-electron chi connectivity index (χ0n) is 17.7. The lowest BCUT2D eigenvalue weighted by Crippen LogP contribution is -2.28. The quantitative estimate of drug-likeness (QED) is 0.307. The second-order valence-corrected chi connectivity index (χ2v) is 7.14. The molecule has 0 fully saturated rings. The third-order valence-corrected chi connectivity index (χ3v) is 4.66. The number of hydrogen-bond donors (Lipinski definition) is 1. The molecule has 0 radical (unpaired) electrons. The fraction of sp³-hybridized carbons (Fsp3) is 0.120. The average Bonchev–Trinajstić information content (AvgIpc) is 2.82. The summed E-state index contributed by atoms with van der Waals surface area (Å²) in [5.41, 5.74) is 2.02. The molecule has 0 saturated heterocycles. The lowest BCUT2D eigenvalue weighted by molar-refractivity contribution is -0.193. The number of rotatable bonds is 7. The Morgan fingerprint density at radius 2 is 1.59 bits per heavy atom. The Kier molecular flexibility index (Phi) is 7.92. The maximum atomic E-state index is 12.5. The highest BCUT2D eigenvalue weighted by Gasteiger charge is 2.42. The molecule has 1 N–H and O–H groups in total. The predicted molar refractivity (Wildman–Crippen MR) is 119 cm³/mol. The summed E-state index contributed by atoms with van der Waals surface area (Å²) in [5.74, 6) is -4.79. The van der Waals surface area contributed by atoms with Gasteiger partial charge in [-0.1, -0.05) is 36.4 Å². The fourth-order valence-electron chi connectivity index (χ4n) is 2.98. The number of halogens is 3. The van der Waals surface area contributed by atoms with E-state index in [0.29, 0.717) is 18.4 Å². The summed E-state index contributed by atoms with van der Waals surface area (Å²) in [7, 11) is 0. The Morgan fingerprint density at radius 3 is 2.26 bits per heavy atom. The summed E-state index contributed by atoms with van der Waals surface area (Å²) in [5, 5.41) is 2.48. The first kappa shape index (κ1) is 24.4. The normalized spacial score (nSPS) is 11.3. The molecule has 9 heteroatoms. The van der Waals surface area contributed by atoms with E-state index in [4.69, 9.17) is 0 Å². The van der Waals surface area contributed by atoms with Crippen molar-refractivity contribution in [1.29, 1.82) is 0 Å². The molecule has 1 amide bonds. The van der Waals surface area contributed by atoms with E-state index in [9.17, 15) is 27.6 Å². The van der Waals surface area contributed by atoms with Crippen molar-refractivity contribution >= 4 is 29.6 Å². The molecule has 2 aromatic carbocycles. The topological polar surface area (TPSA) is 85.4 Å². The van der Waals surface area contributed by atoms with Crippen LogP contribution in [0, 0.1) is 0 Å². The SMILES string of the molecule is O=C(/C=C/c1ccncc1)Nc1cc(CCc2ccccc2)ccc1C(=O)OC(=O)C(F)(F)F. The predicted octanol–water partition coefficient (Wildman–Crippen LogP) is 4.76. The lowest BCUT2D eigenvalue weighted by Gasteiger charge is -2.12. The molecular formula is C25H19F3N2O4. The van der Waals surface area contributed by atoms with E-state index in [2.05, 4.69) is 15.0 Å². The molecular weight excluding hydrogens is 449 g/mol.